The van der Waals surface area contributed by atoms with Crippen molar-refractivity contribution in [2.75, 3.05) is 11.9 Å². The van der Waals surface area contributed by atoms with E-state index in [1.807, 2.05) is 25.1 Å². The minimum atomic E-state index is -4.53. The molecule has 170 valence electrons. The molecule has 0 radical (unpaired) electrons. The monoisotopic (exact) mass is 472 g/mol. The fraction of sp³-hybridized carbons (Fsp3) is 0.261. The predicted octanol–water partition coefficient (Wildman–Crippen LogP) is 5.68. The molecule has 1 aliphatic rings. The molecular weight excluding hydrogens is 453 g/mol. The van der Waals surface area contributed by atoms with Crippen LogP contribution in [0.2, 0.25) is 0 Å². The number of ether oxygens (including phenoxy) is 1. The number of carbonyl (C=O) groups is 1. The number of thiazole rings is 1. The minimum absolute atomic E-state index is 0.0643. The molecule has 0 saturated carbocycles. The van der Waals surface area contributed by atoms with E-state index in [0.717, 1.165) is 22.0 Å². The number of alkyl halides is 3. The number of aromatic nitrogens is 3. The second-order valence-electron chi connectivity index (χ2n) is 7.71. The van der Waals surface area contributed by atoms with Gasteiger partial charge in [-0.25, -0.2) is 4.98 Å². The highest BCUT2D eigenvalue weighted by Gasteiger charge is 2.39. The number of rotatable bonds is 4. The highest BCUT2D eigenvalue weighted by molar-refractivity contribution is 7.20. The maximum Gasteiger partial charge on any atom is 0.416 e. The van der Waals surface area contributed by atoms with Crippen molar-refractivity contribution >= 4 is 33.3 Å². The van der Waals surface area contributed by atoms with Crippen molar-refractivity contribution in [2.24, 2.45) is 0 Å². The molecule has 2 aromatic carbocycles. The van der Waals surface area contributed by atoms with E-state index in [1.54, 1.807) is 13.0 Å². The van der Waals surface area contributed by atoms with Gasteiger partial charge in [-0.2, -0.15) is 23.0 Å². The number of hydrogen-bond acceptors (Lipinski definition) is 5. The molecule has 3 heterocycles. The highest BCUT2D eigenvalue weighted by Crippen LogP contribution is 2.45. The van der Waals surface area contributed by atoms with Crippen LogP contribution in [0.4, 0.5) is 19.0 Å². The number of nitrogens with zero attached hydrogens (tertiary/aromatic N) is 3. The molecule has 2 aromatic heterocycles. The third kappa shape index (κ3) is 3.74. The van der Waals surface area contributed by atoms with Gasteiger partial charge in [0.25, 0.3) is 0 Å². The van der Waals surface area contributed by atoms with Gasteiger partial charge in [-0.05, 0) is 43.7 Å². The smallest absolute Gasteiger partial charge is 0.416 e. The summed E-state index contributed by atoms with van der Waals surface area (Å²) in [6.45, 7) is 4.17. The fourth-order valence-electron chi connectivity index (χ4n) is 4.25. The van der Waals surface area contributed by atoms with E-state index >= 15 is 0 Å². The number of hydrogen-bond donors (Lipinski definition) is 1. The van der Waals surface area contributed by atoms with Gasteiger partial charge in [0.05, 0.1) is 28.1 Å². The standard InChI is InChI=1S/C23H19F3N4O2S/c1-3-32-13-8-9-17-18(10-13)33-22(27-17)30-21-20(12(2)29-30)15(11-19(31)28-21)14-6-4-5-7-16(14)23(24,25)26/h4-10,15H,3,11H2,1-2H3,(H,28,31)/t15-/m0/s1. The van der Waals surface area contributed by atoms with E-state index in [9.17, 15) is 18.0 Å². The first-order valence-corrected chi connectivity index (χ1v) is 11.2. The number of amides is 1. The molecule has 0 spiro atoms. The quantitative estimate of drug-likeness (QED) is 0.415. The number of carbonyl (C=O) groups excluding carboxylic acids is 1. The number of fused-ring (bicyclic) bond motifs is 2. The lowest BCUT2D eigenvalue weighted by Crippen LogP contribution is -2.26. The van der Waals surface area contributed by atoms with Gasteiger partial charge in [-0.1, -0.05) is 29.5 Å². The third-order valence-electron chi connectivity index (χ3n) is 5.58. The van der Waals surface area contributed by atoms with Crippen LogP contribution in [-0.2, 0) is 11.0 Å². The Hall–Kier alpha value is -3.40. The molecule has 0 bridgehead atoms. The van der Waals surface area contributed by atoms with Gasteiger partial charge in [0.15, 0.2) is 0 Å². The molecule has 0 saturated heterocycles. The van der Waals surface area contributed by atoms with Crippen LogP contribution in [0.15, 0.2) is 42.5 Å². The summed E-state index contributed by atoms with van der Waals surface area (Å²) in [5.41, 5.74) is 1.17. The Morgan fingerprint density at radius 3 is 2.79 bits per heavy atom. The summed E-state index contributed by atoms with van der Waals surface area (Å²) in [6, 6.07) is 10.9. The van der Waals surface area contributed by atoms with Crippen LogP contribution in [0.25, 0.3) is 15.3 Å². The average molecular weight is 472 g/mol. The van der Waals surface area contributed by atoms with Crippen LogP contribution in [0.1, 0.15) is 41.6 Å². The van der Waals surface area contributed by atoms with Crippen LogP contribution in [0.3, 0.4) is 0 Å². The molecular formula is C23H19F3N4O2S. The van der Waals surface area contributed by atoms with Crippen LogP contribution in [-0.4, -0.2) is 27.3 Å². The molecule has 0 aliphatic carbocycles. The maximum absolute atomic E-state index is 13.7. The summed E-state index contributed by atoms with van der Waals surface area (Å²) in [6.07, 6.45) is -4.62. The molecule has 1 N–H and O–H groups in total. The Kier molecular flexibility index (Phi) is 5.12. The Balaban J connectivity index is 1.64. The second-order valence-corrected chi connectivity index (χ2v) is 8.72. The Labute approximate surface area is 191 Å². The summed E-state index contributed by atoms with van der Waals surface area (Å²) in [5.74, 6) is -0.0598. The summed E-state index contributed by atoms with van der Waals surface area (Å²) in [5, 5.41) is 7.87. The van der Waals surface area contributed by atoms with E-state index in [4.69, 9.17) is 4.74 Å². The van der Waals surface area contributed by atoms with E-state index in [2.05, 4.69) is 15.4 Å². The van der Waals surface area contributed by atoms with Crippen molar-refractivity contribution in [3.63, 3.8) is 0 Å². The Bertz CT molecular complexity index is 1380. The molecule has 0 unspecified atom stereocenters. The van der Waals surface area contributed by atoms with Gasteiger partial charge in [0.2, 0.25) is 11.0 Å². The number of nitrogens with one attached hydrogen (secondary N) is 1. The number of halogens is 3. The lowest BCUT2D eigenvalue weighted by Gasteiger charge is -2.26. The van der Waals surface area contributed by atoms with Crippen LogP contribution >= 0.6 is 11.3 Å². The molecule has 5 rings (SSSR count). The zero-order valence-corrected chi connectivity index (χ0v) is 18.5. The maximum atomic E-state index is 13.7. The van der Waals surface area contributed by atoms with Crippen molar-refractivity contribution in [1.82, 2.24) is 14.8 Å². The van der Waals surface area contributed by atoms with E-state index in [0.29, 0.717) is 28.8 Å². The van der Waals surface area contributed by atoms with E-state index in [-0.39, 0.29) is 17.9 Å². The second kappa shape index (κ2) is 7.87. The number of anilines is 1. The van der Waals surface area contributed by atoms with Crippen LogP contribution in [0, 0.1) is 6.92 Å². The predicted molar refractivity (Wildman–Crippen MR) is 119 cm³/mol. The molecule has 0 fully saturated rings. The topological polar surface area (TPSA) is 69.0 Å². The number of aryl methyl sites for hydroxylation is 1. The van der Waals surface area contributed by atoms with Crippen molar-refractivity contribution in [2.45, 2.75) is 32.4 Å². The Morgan fingerprint density at radius 2 is 2.03 bits per heavy atom. The molecule has 33 heavy (non-hydrogen) atoms. The van der Waals surface area contributed by atoms with E-state index in [1.165, 1.54) is 28.2 Å². The lowest BCUT2D eigenvalue weighted by atomic mass is 9.83. The fourth-order valence-corrected chi connectivity index (χ4v) is 5.20. The lowest BCUT2D eigenvalue weighted by molar-refractivity contribution is -0.138. The van der Waals surface area contributed by atoms with Crippen molar-refractivity contribution in [3.05, 3.63) is 64.8 Å². The van der Waals surface area contributed by atoms with Crippen LogP contribution < -0.4 is 10.1 Å². The Morgan fingerprint density at radius 1 is 1.24 bits per heavy atom. The summed E-state index contributed by atoms with van der Waals surface area (Å²) < 4.78 is 49.1. The number of benzene rings is 2. The van der Waals surface area contributed by atoms with Gasteiger partial charge in [0, 0.05) is 17.9 Å². The zero-order chi connectivity index (χ0) is 23.3. The summed E-state index contributed by atoms with van der Waals surface area (Å²) >= 11 is 1.36. The van der Waals surface area contributed by atoms with Crippen molar-refractivity contribution in [3.8, 4) is 10.9 Å². The van der Waals surface area contributed by atoms with Crippen LogP contribution in [0.5, 0.6) is 5.75 Å². The molecule has 1 atom stereocenters. The third-order valence-corrected chi connectivity index (χ3v) is 6.58. The highest BCUT2D eigenvalue weighted by atomic mass is 32.1. The first-order valence-electron chi connectivity index (χ1n) is 10.4. The van der Waals surface area contributed by atoms with Crippen molar-refractivity contribution < 1.29 is 22.7 Å². The van der Waals surface area contributed by atoms with Gasteiger partial charge >= 0.3 is 6.18 Å². The normalized spacial score (nSPS) is 16.0. The molecule has 10 heteroatoms. The summed E-state index contributed by atoms with van der Waals surface area (Å²) in [4.78, 5) is 17.2. The van der Waals surface area contributed by atoms with Gasteiger partial charge in [-0.15, -0.1) is 0 Å². The molecule has 1 aliphatic heterocycles. The minimum Gasteiger partial charge on any atom is -0.494 e. The van der Waals surface area contributed by atoms with E-state index < -0.39 is 17.7 Å². The van der Waals surface area contributed by atoms with Gasteiger partial charge in [-0.3, -0.25) is 4.79 Å². The first kappa shape index (κ1) is 21.4. The van der Waals surface area contributed by atoms with Gasteiger partial charge < -0.3 is 10.1 Å². The van der Waals surface area contributed by atoms with Crippen molar-refractivity contribution in [1.29, 1.82) is 0 Å². The largest absolute Gasteiger partial charge is 0.494 e. The molecule has 4 aromatic rings. The summed E-state index contributed by atoms with van der Waals surface area (Å²) in [7, 11) is 0. The molecule has 1 amide bonds. The zero-order valence-electron chi connectivity index (χ0n) is 17.7. The average Bonchev–Trinajstić information content (AvgIpc) is 3.33. The first-order chi connectivity index (χ1) is 15.8. The SMILES string of the molecule is CCOc1ccc2nc(-n3nc(C)c4c3NC(=O)C[C@H]4c3ccccc3C(F)(F)F)sc2c1. The molecule has 6 nitrogen and oxygen atoms in total. The van der Waals surface area contributed by atoms with Gasteiger partial charge in [0.1, 0.15) is 11.6 Å².